The molecule has 6 nitrogen and oxygen atoms in total. The number of aromatic nitrogens is 1. The minimum atomic E-state index is -0.648. The van der Waals surface area contributed by atoms with Gasteiger partial charge in [0, 0.05) is 24.3 Å². The highest BCUT2D eigenvalue weighted by molar-refractivity contribution is 7.22. The Labute approximate surface area is 167 Å². The number of hydrogen-bond acceptors (Lipinski definition) is 5. The lowest BCUT2D eigenvalue weighted by Crippen LogP contribution is -2.41. The first-order chi connectivity index (χ1) is 13.6. The number of anilines is 2. The van der Waals surface area contributed by atoms with Gasteiger partial charge in [-0.2, -0.15) is 0 Å². The summed E-state index contributed by atoms with van der Waals surface area (Å²) in [6.45, 7) is 3.79. The molecule has 2 amide bonds. The van der Waals surface area contributed by atoms with Gasteiger partial charge in [0.05, 0.1) is 10.2 Å². The van der Waals surface area contributed by atoms with Crippen LogP contribution < -0.4 is 15.5 Å². The van der Waals surface area contributed by atoms with E-state index < -0.39 is 6.04 Å². The molecule has 1 saturated heterocycles. The topological polar surface area (TPSA) is 74.3 Å². The van der Waals surface area contributed by atoms with Crippen molar-refractivity contribution >= 4 is 44.2 Å². The van der Waals surface area contributed by atoms with Crippen molar-refractivity contribution in [1.29, 1.82) is 0 Å². The predicted octanol–water partition coefficient (Wildman–Crippen LogP) is 3.65. The lowest BCUT2D eigenvalue weighted by atomic mass is 10.2. The molecule has 1 fully saturated rings. The molecular formula is C21H22N4O2S. The average molecular weight is 395 g/mol. The zero-order chi connectivity index (χ0) is 19.5. The maximum atomic E-state index is 12.5. The largest absolute Gasteiger partial charge is 0.348 e. The smallest absolute Gasteiger partial charge is 0.251 e. The molecule has 1 atom stereocenters. The maximum absolute atomic E-state index is 12.5. The summed E-state index contributed by atoms with van der Waals surface area (Å²) < 4.78 is 1.04. The van der Waals surface area contributed by atoms with E-state index >= 15 is 0 Å². The molecule has 1 aliphatic rings. The molecule has 2 aromatic carbocycles. The van der Waals surface area contributed by atoms with E-state index in [9.17, 15) is 9.59 Å². The number of hydrogen-bond donors (Lipinski definition) is 2. The summed E-state index contributed by atoms with van der Waals surface area (Å²) in [4.78, 5) is 31.7. The highest BCUT2D eigenvalue weighted by Crippen LogP contribution is 2.32. The standard InChI is InChI=1S/C21H22N4O2S/c1-14(22-20(27)15-7-3-2-4-8-15)19(26)23-16-9-10-17-18(13-16)28-21(24-17)25-11-5-6-12-25/h2-4,7-10,13-14H,5-6,11-12H2,1H3,(H,22,27)(H,23,26). The van der Waals surface area contributed by atoms with Gasteiger partial charge in [-0.1, -0.05) is 29.5 Å². The molecule has 2 heterocycles. The van der Waals surface area contributed by atoms with E-state index in [1.807, 2.05) is 24.3 Å². The highest BCUT2D eigenvalue weighted by atomic mass is 32.1. The molecule has 0 saturated carbocycles. The van der Waals surface area contributed by atoms with Gasteiger partial charge in [0.2, 0.25) is 5.91 Å². The Kier molecular flexibility index (Phi) is 5.25. The minimum Gasteiger partial charge on any atom is -0.348 e. The molecule has 0 spiro atoms. The van der Waals surface area contributed by atoms with E-state index in [0.29, 0.717) is 11.3 Å². The molecule has 4 rings (SSSR count). The fourth-order valence-electron chi connectivity index (χ4n) is 3.22. The summed E-state index contributed by atoms with van der Waals surface area (Å²) in [5.41, 5.74) is 2.17. The monoisotopic (exact) mass is 394 g/mol. The van der Waals surface area contributed by atoms with Crippen LogP contribution in [-0.4, -0.2) is 35.9 Å². The zero-order valence-electron chi connectivity index (χ0n) is 15.6. The third kappa shape index (κ3) is 3.99. The molecule has 7 heteroatoms. The Bertz CT molecular complexity index is 996. The quantitative estimate of drug-likeness (QED) is 0.693. The second kappa shape index (κ2) is 7.98. The summed E-state index contributed by atoms with van der Waals surface area (Å²) >= 11 is 1.65. The normalized spacial score (nSPS) is 14.8. The number of carbonyl (C=O) groups excluding carboxylic acids is 2. The van der Waals surface area contributed by atoms with Crippen molar-refractivity contribution in [2.24, 2.45) is 0 Å². The number of carbonyl (C=O) groups is 2. The molecule has 28 heavy (non-hydrogen) atoms. The molecule has 3 aromatic rings. The van der Waals surface area contributed by atoms with Crippen LogP contribution in [0.25, 0.3) is 10.2 Å². The van der Waals surface area contributed by atoms with Crippen LogP contribution in [0.5, 0.6) is 0 Å². The van der Waals surface area contributed by atoms with Crippen LogP contribution >= 0.6 is 11.3 Å². The lowest BCUT2D eigenvalue weighted by molar-refractivity contribution is -0.117. The molecule has 1 aromatic heterocycles. The van der Waals surface area contributed by atoms with E-state index in [4.69, 9.17) is 4.98 Å². The van der Waals surface area contributed by atoms with E-state index in [1.165, 1.54) is 12.8 Å². The first-order valence-corrected chi connectivity index (χ1v) is 10.2. The first kappa shape index (κ1) is 18.4. The van der Waals surface area contributed by atoms with Gasteiger partial charge in [-0.05, 0) is 50.1 Å². The van der Waals surface area contributed by atoms with Crippen molar-refractivity contribution in [2.75, 3.05) is 23.3 Å². The van der Waals surface area contributed by atoms with Crippen LogP contribution in [0.4, 0.5) is 10.8 Å². The summed E-state index contributed by atoms with van der Waals surface area (Å²) in [6.07, 6.45) is 2.42. The maximum Gasteiger partial charge on any atom is 0.251 e. The SMILES string of the molecule is CC(NC(=O)c1ccccc1)C(=O)Nc1ccc2nc(N3CCCC3)sc2c1. The van der Waals surface area contributed by atoms with Gasteiger partial charge in [0.25, 0.3) is 5.91 Å². The molecule has 0 aliphatic carbocycles. The predicted molar refractivity (Wildman–Crippen MR) is 113 cm³/mol. The third-order valence-corrected chi connectivity index (χ3v) is 5.88. The fourth-order valence-corrected chi connectivity index (χ4v) is 4.28. The van der Waals surface area contributed by atoms with Crippen LogP contribution in [0.1, 0.15) is 30.1 Å². The first-order valence-electron chi connectivity index (χ1n) is 9.42. The van der Waals surface area contributed by atoms with Crippen LogP contribution in [0.3, 0.4) is 0 Å². The van der Waals surface area contributed by atoms with Crippen LogP contribution in [-0.2, 0) is 4.79 Å². The Morgan fingerprint density at radius 2 is 1.86 bits per heavy atom. The van der Waals surface area contributed by atoms with Crippen molar-refractivity contribution in [3.63, 3.8) is 0 Å². The van der Waals surface area contributed by atoms with Crippen molar-refractivity contribution < 1.29 is 9.59 Å². The van der Waals surface area contributed by atoms with Gasteiger partial charge in [0.1, 0.15) is 6.04 Å². The number of nitrogens with one attached hydrogen (secondary N) is 2. The van der Waals surface area contributed by atoms with Gasteiger partial charge < -0.3 is 15.5 Å². The Morgan fingerprint density at radius 3 is 2.61 bits per heavy atom. The minimum absolute atomic E-state index is 0.257. The Hall–Kier alpha value is -2.93. The summed E-state index contributed by atoms with van der Waals surface area (Å²) in [7, 11) is 0. The van der Waals surface area contributed by atoms with Gasteiger partial charge in [-0.25, -0.2) is 4.98 Å². The second-order valence-electron chi connectivity index (χ2n) is 6.92. The Balaban J connectivity index is 1.42. The van der Waals surface area contributed by atoms with Crippen molar-refractivity contribution in [3.05, 3.63) is 54.1 Å². The molecule has 1 aliphatic heterocycles. The van der Waals surface area contributed by atoms with E-state index in [1.54, 1.807) is 42.5 Å². The van der Waals surface area contributed by atoms with Gasteiger partial charge in [0.15, 0.2) is 5.13 Å². The highest BCUT2D eigenvalue weighted by Gasteiger charge is 2.18. The summed E-state index contributed by atoms with van der Waals surface area (Å²) in [5, 5.41) is 6.65. The molecular weight excluding hydrogens is 372 g/mol. The van der Waals surface area contributed by atoms with E-state index in [2.05, 4.69) is 15.5 Å². The second-order valence-corrected chi connectivity index (χ2v) is 7.93. The number of benzene rings is 2. The average Bonchev–Trinajstić information content (AvgIpc) is 3.37. The number of thiazole rings is 1. The molecule has 144 valence electrons. The zero-order valence-corrected chi connectivity index (χ0v) is 16.5. The van der Waals surface area contributed by atoms with Crippen molar-refractivity contribution in [3.8, 4) is 0 Å². The molecule has 1 unspecified atom stereocenters. The third-order valence-electron chi connectivity index (χ3n) is 4.80. The summed E-state index contributed by atoms with van der Waals surface area (Å²) in [6, 6.07) is 13.9. The number of amides is 2. The fraction of sp³-hybridized carbons (Fsp3) is 0.286. The van der Waals surface area contributed by atoms with E-state index in [0.717, 1.165) is 28.4 Å². The lowest BCUT2D eigenvalue weighted by Gasteiger charge is -2.14. The van der Waals surface area contributed by atoms with Crippen LogP contribution in [0, 0.1) is 0 Å². The molecule has 0 radical (unpaired) electrons. The van der Waals surface area contributed by atoms with Crippen molar-refractivity contribution in [2.45, 2.75) is 25.8 Å². The number of nitrogens with zero attached hydrogens (tertiary/aromatic N) is 2. The van der Waals surface area contributed by atoms with Gasteiger partial charge >= 0.3 is 0 Å². The van der Waals surface area contributed by atoms with Gasteiger partial charge in [-0.3, -0.25) is 9.59 Å². The van der Waals surface area contributed by atoms with Crippen LogP contribution in [0.2, 0.25) is 0 Å². The van der Waals surface area contributed by atoms with Crippen molar-refractivity contribution in [1.82, 2.24) is 10.3 Å². The van der Waals surface area contributed by atoms with Gasteiger partial charge in [-0.15, -0.1) is 0 Å². The molecule has 0 bridgehead atoms. The Morgan fingerprint density at radius 1 is 1.11 bits per heavy atom. The number of rotatable bonds is 5. The molecule has 2 N–H and O–H groups in total. The summed E-state index contributed by atoms with van der Waals surface area (Å²) in [5.74, 6) is -0.524. The number of fused-ring (bicyclic) bond motifs is 1. The van der Waals surface area contributed by atoms with Crippen LogP contribution in [0.15, 0.2) is 48.5 Å². The van der Waals surface area contributed by atoms with E-state index in [-0.39, 0.29) is 11.8 Å².